The number of piperidine rings is 1. The minimum absolute atomic E-state index is 0.0582. The van der Waals surface area contributed by atoms with Crippen molar-refractivity contribution < 1.29 is 9.59 Å². The van der Waals surface area contributed by atoms with E-state index < -0.39 is 0 Å². The molecule has 0 bridgehead atoms. The number of anilines is 1. The maximum absolute atomic E-state index is 12.9. The lowest BCUT2D eigenvalue weighted by Gasteiger charge is -2.34. The fraction of sp³-hybridized carbons (Fsp3) is 0.478. The number of hydrogen-bond acceptors (Lipinski definition) is 4. The molecule has 2 saturated heterocycles. The van der Waals surface area contributed by atoms with Gasteiger partial charge in [-0.2, -0.15) is 0 Å². The first-order chi connectivity index (χ1) is 15.0. The van der Waals surface area contributed by atoms with Crippen molar-refractivity contribution in [2.45, 2.75) is 39.0 Å². The number of rotatable bonds is 4. The monoisotopic (exact) mass is 423 g/mol. The summed E-state index contributed by atoms with van der Waals surface area (Å²) in [5.74, 6) is 0.172. The zero-order valence-electron chi connectivity index (χ0n) is 17.9. The predicted molar refractivity (Wildman–Crippen MR) is 119 cm³/mol. The molecule has 0 spiro atoms. The van der Waals surface area contributed by atoms with E-state index in [1.54, 1.807) is 0 Å². The highest BCUT2D eigenvalue weighted by molar-refractivity contribution is 5.93. The third kappa shape index (κ3) is 4.95. The van der Waals surface area contributed by atoms with Gasteiger partial charge in [-0.1, -0.05) is 19.1 Å². The highest BCUT2D eigenvalue weighted by Crippen LogP contribution is 2.23. The fourth-order valence-electron chi connectivity index (χ4n) is 4.29. The van der Waals surface area contributed by atoms with Gasteiger partial charge in [0.05, 0.1) is 5.92 Å². The fourth-order valence-corrected chi connectivity index (χ4v) is 4.29. The summed E-state index contributed by atoms with van der Waals surface area (Å²) < 4.78 is 0. The van der Waals surface area contributed by atoms with Gasteiger partial charge >= 0.3 is 6.03 Å². The van der Waals surface area contributed by atoms with Crippen molar-refractivity contribution in [1.82, 2.24) is 19.8 Å². The molecule has 1 aromatic carbocycles. The van der Waals surface area contributed by atoms with E-state index in [4.69, 9.17) is 0 Å². The number of hydrogen-bond donors (Lipinski definition) is 2. The van der Waals surface area contributed by atoms with Gasteiger partial charge in [0, 0.05) is 49.2 Å². The van der Waals surface area contributed by atoms with Crippen LogP contribution in [0.5, 0.6) is 0 Å². The minimum atomic E-state index is -0.231. The SMILES string of the molecule is CCc1cc(=O)[nH]c(-c2cccc(NC(=O)[C@@H]3CCCN(C(=O)N4CCCC4)C3)c2)n1. The summed E-state index contributed by atoms with van der Waals surface area (Å²) in [6, 6.07) is 8.86. The van der Waals surface area contributed by atoms with Crippen molar-refractivity contribution in [3.63, 3.8) is 0 Å². The van der Waals surface area contributed by atoms with E-state index in [2.05, 4.69) is 15.3 Å². The van der Waals surface area contributed by atoms with Gasteiger partial charge in [0.2, 0.25) is 5.91 Å². The second-order valence-corrected chi connectivity index (χ2v) is 8.27. The molecule has 8 nitrogen and oxygen atoms in total. The zero-order chi connectivity index (χ0) is 21.8. The van der Waals surface area contributed by atoms with Crippen LogP contribution >= 0.6 is 0 Å². The summed E-state index contributed by atoms with van der Waals surface area (Å²) in [5, 5.41) is 2.98. The first-order valence-electron chi connectivity index (χ1n) is 11.1. The maximum atomic E-state index is 12.9. The topological polar surface area (TPSA) is 98.4 Å². The molecule has 2 fully saturated rings. The first kappa shape index (κ1) is 21.1. The second kappa shape index (κ2) is 9.32. The molecule has 0 radical (unpaired) electrons. The molecular weight excluding hydrogens is 394 g/mol. The number of benzene rings is 1. The van der Waals surface area contributed by atoms with Crippen LogP contribution in [0, 0.1) is 5.92 Å². The molecule has 2 aromatic rings. The molecule has 3 heterocycles. The standard InChI is InChI=1S/C23H29N5O3/c1-2-18-14-20(29)26-21(24-18)16-7-5-9-19(13-16)25-22(30)17-8-6-12-28(15-17)23(31)27-10-3-4-11-27/h5,7,9,13-14,17H,2-4,6,8,10-12,15H2,1H3,(H,25,30)(H,24,26,29)/t17-/m1/s1. The number of H-pyrrole nitrogens is 1. The number of nitrogens with one attached hydrogen (secondary N) is 2. The van der Waals surface area contributed by atoms with E-state index in [-0.39, 0.29) is 23.4 Å². The Bertz CT molecular complexity index is 1010. The molecule has 2 N–H and O–H groups in total. The number of carbonyl (C=O) groups is 2. The molecule has 2 aliphatic rings. The Morgan fingerprint density at radius 2 is 1.90 bits per heavy atom. The number of likely N-dealkylation sites (tertiary alicyclic amines) is 2. The lowest BCUT2D eigenvalue weighted by molar-refractivity contribution is -0.121. The third-order valence-corrected chi connectivity index (χ3v) is 6.00. The Hall–Kier alpha value is -3.16. The molecule has 31 heavy (non-hydrogen) atoms. The summed E-state index contributed by atoms with van der Waals surface area (Å²) in [5.41, 5.74) is 1.91. The van der Waals surface area contributed by atoms with Crippen molar-refractivity contribution >= 4 is 17.6 Å². The van der Waals surface area contributed by atoms with Crippen LogP contribution in [-0.4, -0.2) is 57.9 Å². The van der Waals surface area contributed by atoms with Gasteiger partial charge in [-0.3, -0.25) is 9.59 Å². The van der Waals surface area contributed by atoms with Gasteiger partial charge in [0.25, 0.3) is 5.56 Å². The normalized spacial score (nSPS) is 18.8. The van der Waals surface area contributed by atoms with E-state index >= 15 is 0 Å². The Morgan fingerprint density at radius 1 is 1.13 bits per heavy atom. The van der Waals surface area contributed by atoms with E-state index in [1.807, 2.05) is 41.0 Å². The average Bonchev–Trinajstić information content (AvgIpc) is 3.33. The number of aryl methyl sites for hydroxylation is 1. The van der Waals surface area contributed by atoms with Crippen LogP contribution in [0.2, 0.25) is 0 Å². The van der Waals surface area contributed by atoms with Crippen LogP contribution in [0.15, 0.2) is 35.1 Å². The van der Waals surface area contributed by atoms with Crippen molar-refractivity contribution in [2.24, 2.45) is 5.92 Å². The summed E-state index contributed by atoms with van der Waals surface area (Å²) in [6.45, 7) is 4.74. The lowest BCUT2D eigenvalue weighted by Crippen LogP contribution is -2.48. The van der Waals surface area contributed by atoms with Gasteiger partial charge in [-0.15, -0.1) is 0 Å². The molecule has 1 aromatic heterocycles. The predicted octanol–water partition coefficient (Wildman–Crippen LogP) is 2.87. The summed E-state index contributed by atoms with van der Waals surface area (Å²) in [4.78, 5) is 48.5. The van der Waals surface area contributed by atoms with Crippen LogP contribution < -0.4 is 10.9 Å². The molecule has 4 rings (SSSR count). The van der Waals surface area contributed by atoms with Crippen molar-refractivity contribution in [2.75, 3.05) is 31.5 Å². The highest BCUT2D eigenvalue weighted by Gasteiger charge is 2.31. The minimum Gasteiger partial charge on any atom is -0.326 e. The van der Waals surface area contributed by atoms with Gasteiger partial charge in [-0.25, -0.2) is 9.78 Å². The largest absolute Gasteiger partial charge is 0.326 e. The molecule has 0 unspecified atom stereocenters. The molecule has 2 aliphatic heterocycles. The lowest BCUT2D eigenvalue weighted by atomic mass is 9.97. The van der Waals surface area contributed by atoms with Crippen LogP contribution in [0.3, 0.4) is 0 Å². The molecule has 3 amide bonds. The van der Waals surface area contributed by atoms with Gasteiger partial charge in [0.1, 0.15) is 5.82 Å². The number of aromatic amines is 1. The Labute approximate surface area is 181 Å². The zero-order valence-corrected chi connectivity index (χ0v) is 17.9. The Kier molecular flexibility index (Phi) is 6.34. The highest BCUT2D eigenvalue weighted by atomic mass is 16.2. The molecular formula is C23H29N5O3. The van der Waals surface area contributed by atoms with Crippen LogP contribution in [0.25, 0.3) is 11.4 Å². The number of aromatic nitrogens is 2. The summed E-state index contributed by atoms with van der Waals surface area (Å²) in [6.07, 6.45) is 4.37. The van der Waals surface area contributed by atoms with Gasteiger partial charge < -0.3 is 20.1 Å². The smallest absolute Gasteiger partial charge is 0.320 e. The van der Waals surface area contributed by atoms with Crippen molar-refractivity contribution in [1.29, 1.82) is 0 Å². The quantitative estimate of drug-likeness (QED) is 0.790. The van der Waals surface area contributed by atoms with E-state index in [0.29, 0.717) is 31.0 Å². The number of urea groups is 1. The maximum Gasteiger partial charge on any atom is 0.320 e. The third-order valence-electron chi connectivity index (χ3n) is 6.00. The molecule has 8 heteroatoms. The van der Waals surface area contributed by atoms with E-state index in [9.17, 15) is 14.4 Å². The Balaban J connectivity index is 1.44. The van der Waals surface area contributed by atoms with Gasteiger partial charge in [-0.05, 0) is 44.2 Å². The number of carbonyl (C=O) groups excluding carboxylic acids is 2. The van der Waals surface area contributed by atoms with Crippen LogP contribution in [-0.2, 0) is 11.2 Å². The second-order valence-electron chi connectivity index (χ2n) is 8.27. The summed E-state index contributed by atoms with van der Waals surface area (Å²) >= 11 is 0. The summed E-state index contributed by atoms with van der Waals surface area (Å²) in [7, 11) is 0. The first-order valence-corrected chi connectivity index (χ1v) is 11.1. The van der Waals surface area contributed by atoms with Crippen LogP contribution in [0.1, 0.15) is 38.3 Å². The van der Waals surface area contributed by atoms with Crippen molar-refractivity contribution in [3.8, 4) is 11.4 Å². The molecule has 0 aliphatic carbocycles. The molecule has 0 saturated carbocycles. The van der Waals surface area contributed by atoms with Gasteiger partial charge in [0.15, 0.2) is 0 Å². The van der Waals surface area contributed by atoms with E-state index in [0.717, 1.165) is 50.0 Å². The molecule has 1 atom stereocenters. The molecule has 164 valence electrons. The Morgan fingerprint density at radius 3 is 2.68 bits per heavy atom. The average molecular weight is 424 g/mol. The van der Waals surface area contributed by atoms with Crippen molar-refractivity contribution in [3.05, 3.63) is 46.4 Å². The number of amides is 3. The number of nitrogens with zero attached hydrogens (tertiary/aromatic N) is 3. The van der Waals surface area contributed by atoms with E-state index in [1.165, 1.54) is 6.07 Å². The van der Waals surface area contributed by atoms with Crippen LogP contribution in [0.4, 0.5) is 10.5 Å².